The van der Waals surface area contributed by atoms with Crippen LogP contribution >= 0.6 is 24.0 Å². The molecule has 2 heterocycles. The smallest absolute Gasteiger partial charge is 0.191 e. The minimum absolute atomic E-state index is 0. The lowest BCUT2D eigenvalue weighted by molar-refractivity contribution is 0.0277. The van der Waals surface area contributed by atoms with Crippen molar-refractivity contribution in [3.8, 4) is 0 Å². The van der Waals surface area contributed by atoms with Gasteiger partial charge < -0.3 is 19.9 Å². The van der Waals surface area contributed by atoms with E-state index < -0.39 is 0 Å². The van der Waals surface area contributed by atoms with Crippen LogP contribution in [0, 0.1) is 0 Å². The topological polar surface area (TPSA) is 76.4 Å². The monoisotopic (exact) mass is 490 g/mol. The first-order chi connectivity index (χ1) is 12.9. The highest BCUT2D eigenvalue weighted by Crippen LogP contribution is 2.20. The highest BCUT2D eigenvalue weighted by atomic mass is 127. The molecule has 0 bridgehead atoms. The number of ether oxygens (including phenoxy) is 1. The van der Waals surface area contributed by atoms with E-state index in [0.29, 0.717) is 12.6 Å². The third-order valence-corrected chi connectivity index (χ3v) is 5.18. The number of hydrogen-bond acceptors (Lipinski definition) is 4. The molecule has 1 aromatic rings. The van der Waals surface area contributed by atoms with Crippen LogP contribution in [0.3, 0.4) is 0 Å². The van der Waals surface area contributed by atoms with E-state index in [1.807, 2.05) is 0 Å². The van der Waals surface area contributed by atoms with Gasteiger partial charge in [0.2, 0.25) is 0 Å². The average Bonchev–Trinajstić information content (AvgIpc) is 3.10. The van der Waals surface area contributed by atoms with Crippen LogP contribution in [0.1, 0.15) is 69.9 Å². The highest BCUT2D eigenvalue weighted by Gasteiger charge is 2.15. The van der Waals surface area contributed by atoms with Gasteiger partial charge in [0, 0.05) is 32.7 Å². The molecule has 2 aliphatic rings. The van der Waals surface area contributed by atoms with E-state index in [4.69, 9.17) is 4.74 Å². The summed E-state index contributed by atoms with van der Waals surface area (Å²) >= 11 is 0. The number of aryl methyl sites for hydroxylation is 1. The summed E-state index contributed by atoms with van der Waals surface area (Å²) in [5.41, 5.74) is 0. The van der Waals surface area contributed by atoms with E-state index in [-0.39, 0.29) is 24.0 Å². The number of halogens is 1. The van der Waals surface area contributed by atoms with Crippen molar-refractivity contribution in [2.45, 2.75) is 83.9 Å². The molecule has 1 saturated carbocycles. The summed E-state index contributed by atoms with van der Waals surface area (Å²) in [6, 6.07) is 0. The molecule has 0 saturated heterocycles. The highest BCUT2D eigenvalue weighted by molar-refractivity contribution is 14.0. The van der Waals surface area contributed by atoms with Crippen LogP contribution in [-0.4, -0.2) is 46.5 Å². The molecule has 7 nitrogen and oxygen atoms in total. The predicted molar refractivity (Wildman–Crippen MR) is 119 cm³/mol. The van der Waals surface area contributed by atoms with Crippen LogP contribution in [0.15, 0.2) is 4.99 Å². The summed E-state index contributed by atoms with van der Waals surface area (Å²) < 4.78 is 8.21. The number of aliphatic imine (C=N–C) groups is 1. The van der Waals surface area contributed by atoms with Gasteiger partial charge in [0.15, 0.2) is 11.8 Å². The maximum Gasteiger partial charge on any atom is 0.191 e. The number of fused-ring (bicyclic) bond motifs is 1. The molecule has 8 heteroatoms. The fraction of sp³-hybridized carbons (Fsp3) is 0.842. The van der Waals surface area contributed by atoms with Crippen molar-refractivity contribution >= 4 is 29.9 Å². The van der Waals surface area contributed by atoms with E-state index in [1.54, 1.807) is 0 Å². The van der Waals surface area contributed by atoms with Crippen molar-refractivity contribution in [3.05, 3.63) is 11.6 Å². The summed E-state index contributed by atoms with van der Waals surface area (Å²) in [7, 11) is 0. The molecular formula is C19H35IN6O. The Bertz CT molecular complexity index is 571. The van der Waals surface area contributed by atoms with Crippen LogP contribution in [-0.2, 0) is 24.2 Å². The van der Waals surface area contributed by atoms with E-state index in [1.165, 1.54) is 44.9 Å². The van der Waals surface area contributed by atoms with Gasteiger partial charge in [-0.1, -0.05) is 19.3 Å². The van der Waals surface area contributed by atoms with E-state index in [2.05, 4.69) is 37.3 Å². The second-order valence-electron chi connectivity index (χ2n) is 7.25. The number of hydrogen-bond donors (Lipinski definition) is 2. The van der Waals surface area contributed by atoms with E-state index in [0.717, 1.165) is 56.7 Å². The first-order valence-corrected chi connectivity index (χ1v) is 10.4. The van der Waals surface area contributed by atoms with Crippen LogP contribution in [0.2, 0.25) is 0 Å². The number of nitrogens with zero attached hydrogens (tertiary/aromatic N) is 4. The summed E-state index contributed by atoms with van der Waals surface area (Å²) in [5, 5.41) is 15.3. The molecule has 0 spiro atoms. The van der Waals surface area contributed by atoms with Gasteiger partial charge in [0.25, 0.3) is 0 Å². The molecule has 3 rings (SSSR count). The molecule has 0 radical (unpaired) electrons. The summed E-state index contributed by atoms with van der Waals surface area (Å²) in [5.74, 6) is 2.93. The second kappa shape index (κ2) is 12.5. The molecule has 0 amide bonds. The van der Waals surface area contributed by atoms with Gasteiger partial charge in [-0.15, -0.1) is 34.2 Å². The Labute approximate surface area is 180 Å². The van der Waals surface area contributed by atoms with Crippen molar-refractivity contribution in [2.24, 2.45) is 4.99 Å². The summed E-state index contributed by atoms with van der Waals surface area (Å²) in [6.45, 7) is 6.23. The first-order valence-electron chi connectivity index (χ1n) is 10.4. The number of aromatic nitrogens is 3. The summed E-state index contributed by atoms with van der Waals surface area (Å²) in [4.78, 5) is 4.68. The van der Waals surface area contributed by atoms with Crippen molar-refractivity contribution in [3.63, 3.8) is 0 Å². The lowest BCUT2D eigenvalue weighted by Crippen LogP contribution is -2.38. The number of nitrogens with one attached hydrogen (secondary N) is 2. The van der Waals surface area contributed by atoms with Gasteiger partial charge in [0.1, 0.15) is 12.4 Å². The van der Waals surface area contributed by atoms with Gasteiger partial charge in [0.05, 0.1) is 6.10 Å². The molecule has 154 valence electrons. The van der Waals surface area contributed by atoms with Crippen molar-refractivity contribution < 1.29 is 4.74 Å². The Hall–Kier alpha value is -0.900. The zero-order valence-corrected chi connectivity index (χ0v) is 18.9. The lowest BCUT2D eigenvalue weighted by atomic mass is 9.98. The Morgan fingerprint density at radius 3 is 2.81 bits per heavy atom. The molecule has 0 atom stereocenters. The molecule has 27 heavy (non-hydrogen) atoms. The third-order valence-electron chi connectivity index (χ3n) is 5.18. The molecule has 0 aromatic carbocycles. The van der Waals surface area contributed by atoms with E-state index >= 15 is 0 Å². The summed E-state index contributed by atoms with van der Waals surface area (Å²) in [6.07, 6.45) is 11.5. The van der Waals surface area contributed by atoms with Gasteiger partial charge in [-0.3, -0.25) is 0 Å². The largest absolute Gasteiger partial charge is 0.378 e. The maximum atomic E-state index is 5.98. The fourth-order valence-electron chi connectivity index (χ4n) is 3.74. The zero-order valence-electron chi connectivity index (χ0n) is 16.6. The first kappa shape index (κ1) is 22.4. The minimum atomic E-state index is 0. The molecule has 1 aliphatic heterocycles. The quantitative estimate of drug-likeness (QED) is 0.254. The van der Waals surface area contributed by atoms with Gasteiger partial charge in [-0.25, -0.2) is 4.99 Å². The van der Waals surface area contributed by atoms with E-state index in [9.17, 15) is 0 Å². The van der Waals surface area contributed by atoms with Gasteiger partial charge in [-0.2, -0.15) is 0 Å². The SMILES string of the molecule is CCNC(=NCc1nnc2n1CCCC2)NCCCOC1CCCCC1.I. The number of guanidine groups is 1. The Morgan fingerprint density at radius 2 is 2.00 bits per heavy atom. The van der Waals surface area contributed by atoms with Crippen LogP contribution in [0.4, 0.5) is 0 Å². The average molecular weight is 490 g/mol. The van der Waals surface area contributed by atoms with Gasteiger partial charge >= 0.3 is 0 Å². The second-order valence-corrected chi connectivity index (χ2v) is 7.25. The maximum absolute atomic E-state index is 5.98. The molecule has 1 aromatic heterocycles. The molecule has 2 N–H and O–H groups in total. The molecule has 1 fully saturated rings. The van der Waals surface area contributed by atoms with Crippen LogP contribution < -0.4 is 10.6 Å². The predicted octanol–water partition coefficient (Wildman–Crippen LogP) is 3.03. The normalized spacial score (nSPS) is 17.9. The lowest BCUT2D eigenvalue weighted by Gasteiger charge is -2.22. The zero-order chi connectivity index (χ0) is 18.0. The van der Waals surface area contributed by atoms with Gasteiger partial charge in [-0.05, 0) is 39.0 Å². The third kappa shape index (κ3) is 7.21. The van der Waals surface area contributed by atoms with Crippen molar-refractivity contribution in [2.75, 3.05) is 19.7 Å². The molecule has 0 unspecified atom stereocenters. The van der Waals surface area contributed by atoms with Crippen LogP contribution in [0.25, 0.3) is 0 Å². The standard InChI is InChI=1S/C19H34N6O.HI/c1-2-20-19(21-12-8-14-26-16-9-4-3-5-10-16)22-15-18-24-23-17-11-6-7-13-25(17)18;/h16H,2-15H2,1H3,(H2,20,21,22);1H. The Morgan fingerprint density at radius 1 is 1.15 bits per heavy atom. The Balaban J connectivity index is 0.00000261. The minimum Gasteiger partial charge on any atom is -0.378 e. The van der Waals surface area contributed by atoms with Crippen molar-refractivity contribution in [1.82, 2.24) is 25.4 Å². The molecular weight excluding hydrogens is 455 g/mol. The van der Waals surface area contributed by atoms with Crippen LogP contribution in [0.5, 0.6) is 0 Å². The fourth-order valence-corrected chi connectivity index (χ4v) is 3.74. The molecule has 1 aliphatic carbocycles. The Kier molecular flexibility index (Phi) is 10.4. The van der Waals surface area contributed by atoms with Crippen molar-refractivity contribution in [1.29, 1.82) is 0 Å². The number of rotatable bonds is 8.